The number of fused-ring (bicyclic) bond motifs is 1. The largest absolute Gasteiger partial charge is 0.336 e. The second-order valence-corrected chi connectivity index (χ2v) is 5.70. The second kappa shape index (κ2) is 5.30. The molecule has 2 heterocycles. The second-order valence-electron chi connectivity index (χ2n) is 5.70. The minimum atomic E-state index is 0.118. The van der Waals surface area contributed by atoms with Crippen LogP contribution in [-0.4, -0.2) is 33.4 Å². The smallest absolute Gasteiger partial charge is 0.253 e. The van der Waals surface area contributed by atoms with E-state index in [0.29, 0.717) is 6.04 Å². The number of carbonyl (C=O) groups is 1. The normalized spacial score (nSPS) is 18.0. The van der Waals surface area contributed by atoms with Crippen molar-refractivity contribution in [3.63, 3.8) is 0 Å². The average Bonchev–Trinajstić information content (AvgIpc) is 3.21. The number of hydrogen-bond donors (Lipinski definition) is 0. The fourth-order valence-corrected chi connectivity index (χ4v) is 3.19. The number of para-hydroxylation sites is 2. The van der Waals surface area contributed by atoms with Crippen molar-refractivity contribution in [3.05, 3.63) is 66.5 Å². The van der Waals surface area contributed by atoms with Gasteiger partial charge in [-0.3, -0.25) is 4.79 Å². The van der Waals surface area contributed by atoms with Gasteiger partial charge in [0, 0.05) is 18.7 Å². The molecule has 2 aromatic carbocycles. The summed E-state index contributed by atoms with van der Waals surface area (Å²) >= 11 is 0. The Morgan fingerprint density at radius 1 is 1.05 bits per heavy atom. The predicted molar refractivity (Wildman–Crippen MR) is 85.7 cm³/mol. The Morgan fingerprint density at radius 2 is 1.82 bits per heavy atom. The molecule has 0 N–H and O–H groups in total. The number of hydrogen-bond acceptors (Lipinski definition) is 2. The molecule has 0 radical (unpaired) electrons. The molecule has 0 bridgehead atoms. The summed E-state index contributed by atoms with van der Waals surface area (Å²) in [5, 5.41) is 0. The van der Waals surface area contributed by atoms with Gasteiger partial charge >= 0.3 is 0 Å². The van der Waals surface area contributed by atoms with Crippen LogP contribution in [0.15, 0.2) is 60.9 Å². The van der Waals surface area contributed by atoms with Crippen molar-refractivity contribution >= 4 is 16.9 Å². The van der Waals surface area contributed by atoms with Crippen LogP contribution in [0, 0.1) is 0 Å². The number of amides is 1. The number of aromatic nitrogens is 2. The molecule has 4 nitrogen and oxygen atoms in total. The molecule has 1 fully saturated rings. The first-order valence-corrected chi connectivity index (χ1v) is 7.59. The minimum Gasteiger partial charge on any atom is -0.336 e. The molecule has 22 heavy (non-hydrogen) atoms. The predicted octanol–water partition coefficient (Wildman–Crippen LogP) is 3.12. The van der Waals surface area contributed by atoms with E-state index in [9.17, 15) is 4.79 Å². The Balaban J connectivity index is 1.56. The molecule has 1 saturated heterocycles. The van der Waals surface area contributed by atoms with Crippen LogP contribution in [-0.2, 0) is 0 Å². The van der Waals surface area contributed by atoms with E-state index in [1.165, 1.54) is 0 Å². The third-order valence-electron chi connectivity index (χ3n) is 4.35. The van der Waals surface area contributed by atoms with Crippen LogP contribution in [0.1, 0.15) is 22.8 Å². The molecule has 4 rings (SSSR count). The SMILES string of the molecule is O=C(c1ccccc1)N1CCC(n2cnc3ccccc32)C1. The van der Waals surface area contributed by atoms with Gasteiger partial charge < -0.3 is 9.47 Å². The molecule has 0 aliphatic carbocycles. The summed E-state index contributed by atoms with van der Waals surface area (Å²) in [4.78, 5) is 18.9. The number of nitrogens with zero attached hydrogens (tertiary/aromatic N) is 3. The average molecular weight is 291 g/mol. The van der Waals surface area contributed by atoms with E-state index >= 15 is 0 Å². The van der Waals surface area contributed by atoms with E-state index in [1.807, 2.05) is 59.8 Å². The fraction of sp³-hybridized carbons (Fsp3) is 0.222. The topological polar surface area (TPSA) is 38.1 Å². The number of carbonyl (C=O) groups excluding carboxylic acids is 1. The van der Waals surface area contributed by atoms with Crippen molar-refractivity contribution in [1.29, 1.82) is 0 Å². The summed E-state index contributed by atoms with van der Waals surface area (Å²) < 4.78 is 2.20. The monoisotopic (exact) mass is 291 g/mol. The molecule has 110 valence electrons. The summed E-state index contributed by atoms with van der Waals surface area (Å²) in [6.45, 7) is 1.54. The lowest BCUT2D eigenvalue weighted by atomic mass is 10.2. The highest BCUT2D eigenvalue weighted by Crippen LogP contribution is 2.26. The number of imidazole rings is 1. The van der Waals surface area contributed by atoms with E-state index < -0.39 is 0 Å². The van der Waals surface area contributed by atoms with Gasteiger partial charge in [-0.25, -0.2) is 4.98 Å². The Hall–Kier alpha value is -2.62. The summed E-state index contributed by atoms with van der Waals surface area (Å²) in [6, 6.07) is 17.9. The standard InChI is InChI=1S/C18H17N3O/c22-18(14-6-2-1-3-7-14)20-11-10-15(12-20)21-13-19-16-8-4-5-9-17(16)21/h1-9,13,15H,10-12H2. The third kappa shape index (κ3) is 2.17. The van der Waals surface area contributed by atoms with Crippen LogP contribution >= 0.6 is 0 Å². The van der Waals surface area contributed by atoms with Crippen LogP contribution in [0.3, 0.4) is 0 Å². The highest BCUT2D eigenvalue weighted by atomic mass is 16.2. The van der Waals surface area contributed by atoms with Crippen molar-refractivity contribution in [2.75, 3.05) is 13.1 Å². The first-order valence-electron chi connectivity index (χ1n) is 7.59. The van der Waals surface area contributed by atoms with Crippen LogP contribution in [0.2, 0.25) is 0 Å². The van der Waals surface area contributed by atoms with Crippen molar-refractivity contribution in [3.8, 4) is 0 Å². The summed E-state index contributed by atoms with van der Waals surface area (Å²) in [5.41, 5.74) is 2.91. The molecule has 3 aromatic rings. The van der Waals surface area contributed by atoms with Gasteiger partial charge in [-0.15, -0.1) is 0 Å². The molecule has 0 spiro atoms. The van der Waals surface area contributed by atoms with Crippen LogP contribution < -0.4 is 0 Å². The summed E-state index contributed by atoms with van der Waals surface area (Å²) in [7, 11) is 0. The molecule has 1 aromatic heterocycles. The molecule has 4 heteroatoms. The van der Waals surface area contributed by atoms with Gasteiger partial charge in [0.25, 0.3) is 5.91 Å². The maximum atomic E-state index is 12.5. The van der Waals surface area contributed by atoms with Crippen LogP contribution in [0.25, 0.3) is 11.0 Å². The zero-order chi connectivity index (χ0) is 14.9. The molecule has 1 aliphatic rings. The molecule has 0 saturated carbocycles. The lowest BCUT2D eigenvalue weighted by Crippen LogP contribution is -2.29. The zero-order valence-corrected chi connectivity index (χ0v) is 12.2. The van der Waals surface area contributed by atoms with Gasteiger partial charge in [0.2, 0.25) is 0 Å². The molecule has 1 aliphatic heterocycles. The van der Waals surface area contributed by atoms with Gasteiger partial charge in [0.1, 0.15) is 0 Å². The minimum absolute atomic E-state index is 0.118. The Bertz CT molecular complexity index is 809. The first kappa shape index (κ1) is 13.1. The van der Waals surface area contributed by atoms with E-state index in [1.54, 1.807) is 0 Å². The van der Waals surface area contributed by atoms with Gasteiger partial charge in [-0.05, 0) is 30.7 Å². The van der Waals surface area contributed by atoms with E-state index in [4.69, 9.17) is 0 Å². The van der Waals surface area contributed by atoms with Gasteiger partial charge in [0.05, 0.1) is 23.4 Å². The first-order chi connectivity index (χ1) is 10.8. The van der Waals surface area contributed by atoms with Gasteiger partial charge in [0.15, 0.2) is 0 Å². The molecule has 1 unspecified atom stereocenters. The van der Waals surface area contributed by atoms with Crippen molar-refractivity contribution in [2.45, 2.75) is 12.5 Å². The Labute approximate surface area is 129 Å². The number of likely N-dealkylation sites (tertiary alicyclic amines) is 1. The quantitative estimate of drug-likeness (QED) is 0.727. The third-order valence-corrected chi connectivity index (χ3v) is 4.35. The lowest BCUT2D eigenvalue weighted by molar-refractivity contribution is 0.0788. The lowest BCUT2D eigenvalue weighted by Gasteiger charge is -2.17. The molecule has 1 amide bonds. The number of rotatable bonds is 2. The highest BCUT2D eigenvalue weighted by molar-refractivity contribution is 5.94. The Kier molecular flexibility index (Phi) is 3.15. The van der Waals surface area contributed by atoms with Gasteiger partial charge in [-0.1, -0.05) is 30.3 Å². The molecular weight excluding hydrogens is 274 g/mol. The van der Waals surface area contributed by atoms with Crippen molar-refractivity contribution in [2.24, 2.45) is 0 Å². The maximum Gasteiger partial charge on any atom is 0.253 e. The van der Waals surface area contributed by atoms with E-state index in [2.05, 4.69) is 15.6 Å². The van der Waals surface area contributed by atoms with Crippen LogP contribution in [0.4, 0.5) is 0 Å². The zero-order valence-electron chi connectivity index (χ0n) is 12.2. The maximum absolute atomic E-state index is 12.5. The van der Waals surface area contributed by atoms with Gasteiger partial charge in [-0.2, -0.15) is 0 Å². The molecule has 1 atom stereocenters. The highest BCUT2D eigenvalue weighted by Gasteiger charge is 2.28. The summed E-state index contributed by atoms with van der Waals surface area (Å²) in [5.74, 6) is 0.118. The summed E-state index contributed by atoms with van der Waals surface area (Å²) in [6.07, 6.45) is 2.87. The fourth-order valence-electron chi connectivity index (χ4n) is 3.19. The van der Waals surface area contributed by atoms with E-state index in [-0.39, 0.29) is 5.91 Å². The Morgan fingerprint density at radius 3 is 2.68 bits per heavy atom. The number of benzene rings is 2. The van der Waals surface area contributed by atoms with Crippen molar-refractivity contribution < 1.29 is 4.79 Å². The van der Waals surface area contributed by atoms with Crippen LogP contribution in [0.5, 0.6) is 0 Å². The molecular formula is C18H17N3O. The van der Waals surface area contributed by atoms with E-state index in [0.717, 1.165) is 36.1 Å². The van der Waals surface area contributed by atoms with Crippen molar-refractivity contribution in [1.82, 2.24) is 14.5 Å².